The summed E-state index contributed by atoms with van der Waals surface area (Å²) in [5.74, 6) is 0.942. The highest BCUT2D eigenvalue weighted by molar-refractivity contribution is 5.75. The van der Waals surface area contributed by atoms with Crippen LogP contribution in [-0.4, -0.2) is 32.0 Å². The lowest BCUT2D eigenvalue weighted by molar-refractivity contribution is -0.120. The minimum Gasteiger partial charge on any atom is -0.356 e. The lowest BCUT2D eigenvalue weighted by Crippen LogP contribution is -2.25. The van der Waals surface area contributed by atoms with Crippen LogP contribution < -0.4 is 5.32 Å². The van der Waals surface area contributed by atoms with Crippen molar-refractivity contribution in [1.82, 2.24) is 24.8 Å². The van der Waals surface area contributed by atoms with Crippen LogP contribution in [-0.2, 0) is 11.2 Å². The third kappa shape index (κ3) is 2.72. The van der Waals surface area contributed by atoms with Crippen molar-refractivity contribution < 1.29 is 4.79 Å². The lowest BCUT2D eigenvalue weighted by Gasteiger charge is -2.06. The van der Waals surface area contributed by atoms with Gasteiger partial charge in [0, 0.05) is 31.3 Å². The zero-order chi connectivity index (χ0) is 12.1. The summed E-state index contributed by atoms with van der Waals surface area (Å²) < 4.78 is 1.92. The van der Waals surface area contributed by atoms with Gasteiger partial charge in [0.25, 0.3) is 0 Å². The van der Waals surface area contributed by atoms with Crippen molar-refractivity contribution in [3.63, 3.8) is 0 Å². The van der Waals surface area contributed by atoms with Crippen LogP contribution >= 0.6 is 0 Å². The van der Waals surface area contributed by atoms with Gasteiger partial charge in [-0.1, -0.05) is 6.92 Å². The highest BCUT2D eigenvalue weighted by atomic mass is 16.1. The van der Waals surface area contributed by atoms with Gasteiger partial charge in [0.2, 0.25) is 5.91 Å². The minimum absolute atomic E-state index is 0.0672. The van der Waals surface area contributed by atoms with E-state index in [1.165, 1.54) is 0 Å². The molecule has 0 aliphatic carbocycles. The maximum absolute atomic E-state index is 11.1. The van der Waals surface area contributed by atoms with E-state index in [0.29, 0.717) is 13.0 Å². The molecule has 17 heavy (non-hydrogen) atoms. The van der Waals surface area contributed by atoms with Crippen molar-refractivity contribution >= 4 is 5.91 Å². The van der Waals surface area contributed by atoms with Gasteiger partial charge in [-0.25, -0.2) is 9.97 Å². The fourth-order valence-electron chi connectivity index (χ4n) is 1.56. The van der Waals surface area contributed by atoms with Gasteiger partial charge >= 0.3 is 0 Å². The molecule has 0 atom stereocenters. The van der Waals surface area contributed by atoms with Crippen molar-refractivity contribution in [3.8, 4) is 5.82 Å². The molecule has 1 amide bonds. The molecule has 0 spiro atoms. The smallest absolute Gasteiger partial charge is 0.219 e. The second-order valence-corrected chi connectivity index (χ2v) is 3.65. The molecule has 0 radical (unpaired) electrons. The molecule has 2 heterocycles. The first-order chi connectivity index (χ1) is 8.31. The molecule has 2 aromatic heterocycles. The van der Waals surface area contributed by atoms with E-state index in [1.807, 2.05) is 11.5 Å². The van der Waals surface area contributed by atoms with Gasteiger partial charge in [-0.15, -0.1) is 0 Å². The van der Waals surface area contributed by atoms with Crippen molar-refractivity contribution in [2.45, 2.75) is 19.8 Å². The zero-order valence-electron chi connectivity index (χ0n) is 9.68. The third-order valence-electron chi connectivity index (χ3n) is 2.48. The summed E-state index contributed by atoms with van der Waals surface area (Å²) in [6.07, 6.45) is 8.13. The van der Waals surface area contributed by atoms with E-state index in [2.05, 4.69) is 20.3 Å². The molecule has 0 unspecified atom stereocenters. The van der Waals surface area contributed by atoms with Gasteiger partial charge in [-0.05, 0) is 0 Å². The van der Waals surface area contributed by atoms with Crippen molar-refractivity contribution in [3.05, 3.63) is 30.7 Å². The Labute approximate surface area is 99.1 Å². The minimum atomic E-state index is 0.0672. The first-order valence-corrected chi connectivity index (χ1v) is 5.58. The lowest BCUT2D eigenvalue weighted by atomic mass is 10.3. The normalized spacial score (nSPS) is 10.4. The predicted molar refractivity (Wildman–Crippen MR) is 62.7 cm³/mol. The first kappa shape index (κ1) is 11.4. The van der Waals surface area contributed by atoms with E-state index in [9.17, 15) is 4.79 Å². The Balaban J connectivity index is 1.98. The molecular weight excluding hydrogens is 218 g/mol. The number of rotatable bonds is 5. The molecule has 6 nitrogen and oxygen atoms in total. The van der Waals surface area contributed by atoms with Gasteiger partial charge in [0.05, 0.1) is 12.5 Å². The van der Waals surface area contributed by atoms with Crippen LogP contribution in [0, 0.1) is 0 Å². The van der Waals surface area contributed by atoms with Crippen LogP contribution in [0.4, 0.5) is 0 Å². The van der Waals surface area contributed by atoms with E-state index in [0.717, 1.165) is 17.9 Å². The molecule has 0 fully saturated rings. The number of H-pyrrole nitrogens is 1. The SMILES string of the molecule is CCC(=O)NCCc1cncn1-c1cnc[nH]1. The van der Waals surface area contributed by atoms with Crippen molar-refractivity contribution in [1.29, 1.82) is 0 Å². The number of amides is 1. The number of aromatic amines is 1. The van der Waals surface area contributed by atoms with Gasteiger partial charge in [-0.3, -0.25) is 9.36 Å². The Morgan fingerprint density at radius 2 is 2.35 bits per heavy atom. The summed E-state index contributed by atoms with van der Waals surface area (Å²) in [4.78, 5) is 22.2. The summed E-state index contributed by atoms with van der Waals surface area (Å²) in [6.45, 7) is 2.46. The molecule has 2 rings (SSSR count). The van der Waals surface area contributed by atoms with Gasteiger partial charge in [0.15, 0.2) is 0 Å². The van der Waals surface area contributed by atoms with Crippen LogP contribution in [0.15, 0.2) is 25.0 Å². The van der Waals surface area contributed by atoms with Crippen molar-refractivity contribution in [2.75, 3.05) is 6.54 Å². The molecule has 0 saturated carbocycles. The highest BCUT2D eigenvalue weighted by Crippen LogP contribution is 2.07. The first-order valence-electron chi connectivity index (χ1n) is 5.58. The summed E-state index contributed by atoms with van der Waals surface area (Å²) in [7, 11) is 0. The monoisotopic (exact) mass is 233 g/mol. The molecule has 90 valence electrons. The highest BCUT2D eigenvalue weighted by Gasteiger charge is 2.05. The zero-order valence-corrected chi connectivity index (χ0v) is 9.68. The number of carbonyl (C=O) groups excluding carboxylic acids is 1. The Hall–Kier alpha value is -2.11. The Morgan fingerprint density at radius 3 is 3.06 bits per heavy atom. The Kier molecular flexibility index (Phi) is 3.54. The number of hydrogen-bond donors (Lipinski definition) is 2. The molecule has 6 heteroatoms. The number of nitrogens with zero attached hydrogens (tertiary/aromatic N) is 3. The van der Waals surface area contributed by atoms with Crippen LogP contribution in [0.25, 0.3) is 5.82 Å². The van der Waals surface area contributed by atoms with Crippen molar-refractivity contribution in [2.24, 2.45) is 0 Å². The molecule has 0 bridgehead atoms. The Bertz CT molecular complexity index is 474. The predicted octanol–water partition coefficient (Wildman–Crippen LogP) is 0.664. The third-order valence-corrected chi connectivity index (χ3v) is 2.48. The van der Waals surface area contributed by atoms with Gasteiger partial charge in [0.1, 0.15) is 12.1 Å². The van der Waals surface area contributed by atoms with Crippen LogP contribution in [0.5, 0.6) is 0 Å². The van der Waals surface area contributed by atoms with Gasteiger partial charge in [-0.2, -0.15) is 0 Å². The quantitative estimate of drug-likeness (QED) is 0.796. The van der Waals surface area contributed by atoms with Crippen LogP contribution in [0.3, 0.4) is 0 Å². The molecule has 2 N–H and O–H groups in total. The number of nitrogens with one attached hydrogen (secondary N) is 2. The molecule has 0 aromatic carbocycles. The summed E-state index contributed by atoms with van der Waals surface area (Å²) in [5, 5.41) is 2.84. The van der Waals surface area contributed by atoms with E-state index in [-0.39, 0.29) is 5.91 Å². The largest absolute Gasteiger partial charge is 0.356 e. The second kappa shape index (κ2) is 5.29. The maximum atomic E-state index is 11.1. The average molecular weight is 233 g/mol. The number of imidazole rings is 2. The topological polar surface area (TPSA) is 75.6 Å². The average Bonchev–Trinajstić information content (AvgIpc) is 2.98. The molecule has 0 saturated heterocycles. The second-order valence-electron chi connectivity index (χ2n) is 3.65. The molecule has 0 aliphatic rings. The number of aromatic nitrogens is 4. The fraction of sp³-hybridized carbons (Fsp3) is 0.364. The van der Waals surface area contributed by atoms with E-state index >= 15 is 0 Å². The number of carbonyl (C=O) groups is 1. The van der Waals surface area contributed by atoms with Crippen LogP contribution in [0.1, 0.15) is 19.0 Å². The standard InChI is InChI=1S/C11H15N5O/c1-2-11(17)14-4-3-9-5-13-8-16(9)10-6-12-7-15-10/h5-8H,2-4H2,1H3,(H,12,15)(H,14,17). The van der Waals surface area contributed by atoms with E-state index < -0.39 is 0 Å². The van der Waals surface area contributed by atoms with Gasteiger partial charge < -0.3 is 10.3 Å². The summed E-state index contributed by atoms with van der Waals surface area (Å²) in [6, 6.07) is 0. The molecule has 0 aliphatic heterocycles. The Morgan fingerprint density at radius 1 is 1.47 bits per heavy atom. The fourth-order valence-corrected chi connectivity index (χ4v) is 1.56. The van der Waals surface area contributed by atoms with Crippen LogP contribution in [0.2, 0.25) is 0 Å². The summed E-state index contributed by atoms with van der Waals surface area (Å²) >= 11 is 0. The summed E-state index contributed by atoms with van der Waals surface area (Å²) in [5.41, 5.74) is 1.03. The maximum Gasteiger partial charge on any atom is 0.219 e. The molecule has 2 aromatic rings. The van der Waals surface area contributed by atoms with E-state index in [1.54, 1.807) is 25.0 Å². The number of hydrogen-bond acceptors (Lipinski definition) is 3. The van der Waals surface area contributed by atoms with E-state index in [4.69, 9.17) is 0 Å². The molecular formula is C11H15N5O.